The highest BCUT2D eigenvalue weighted by Crippen LogP contribution is 2.27. The number of ether oxygens (including phenoxy) is 2. The highest BCUT2D eigenvalue weighted by Gasteiger charge is 2.19. The number of hydrogen-bond donors (Lipinski definition) is 1. The van der Waals surface area contributed by atoms with Crippen molar-refractivity contribution in [3.05, 3.63) is 54.7 Å². The van der Waals surface area contributed by atoms with Crippen LogP contribution in [0.4, 0.5) is 10.5 Å². The van der Waals surface area contributed by atoms with Crippen LogP contribution in [0.5, 0.6) is 11.5 Å². The molecule has 124 valence electrons. The molecule has 0 amide bonds. The fraction of sp³-hybridized carbons (Fsp3) is 0.211. The number of hydrogen-bond acceptors (Lipinski definition) is 4. The molecule has 0 saturated heterocycles. The van der Waals surface area contributed by atoms with E-state index in [1.807, 2.05) is 57.2 Å². The average Bonchev–Trinajstić information content (AvgIpc) is 2.91. The van der Waals surface area contributed by atoms with Crippen LogP contribution in [0.15, 0.2) is 54.7 Å². The van der Waals surface area contributed by atoms with Gasteiger partial charge in [-0.1, -0.05) is 0 Å². The number of carbonyl (C=O) groups excluding carboxylic acids is 1. The highest BCUT2D eigenvalue weighted by molar-refractivity contribution is 5.90. The van der Waals surface area contributed by atoms with Crippen LogP contribution in [0.2, 0.25) is 0 Å². The Bertz CT molecular complexity index is 874. The van der Waals surface area contributed by atoms with Crippen LogP contribution in [0.25, 0.3) is 10.9 Å². The summed E-state index contributed by atoms with van der Waals surface area (Å²) in [5.41, 5.74) is 6.59. The molecule has 0 aliphatic carbocycles. The monoisotopic (exact) mass is 324 g/mol. The van der Waals surface area contributed by atoms with Crippen molar-refractivity contribution in [2.75, 3.05) is 5.73 Å². The number of benzene rings is 2. The molecular weight excluding hydrogens is 304 g/mol. The normalized spacial score (nSPS) is 11.5. The summed E-state index contributed by atoms with van der Waals surface area (Å²) in [5, 5.41) is 0.897. The number of carbonyl (C=O) groups is 1. The molecule has 0 radical (unpaired) electrons. The molecule has 5 heteroatoms. The molecule has 3 rings (SSSR count). The van der Waals surface area contributed by atoms with Crippen LogP contribution in [0, 0.1) is 0 Å². The maximum Gasteiger partial charge on any atom is 0.418 e. The van der Waals surface area contributed by atoms with Crippen LogP contribution in [0.1, 0.15) is 20.8 Å². The standard InChI is InChI=1S/C19H20N2O3/c1-19(2,3)24-18(22)21-11-10-13-12-16(8-9-17(13)21)23-15-6-4-14(20)5-7-15/h4-12H,20H2,1-3H3. The third-order valence-electron chi connectivity index (χ3n) is 3.37. The van der Waals surface area contributed by atoms with E-state index >= 15 is 0 Å². The first kappa shape index (κ1) is 15.9. The summed E-state index contributed by atoms with van der Waals surface area (Å²) >= 11 is 0. The van der Waals surface area contributed by atoms with Gasteiger partial charge in [0.2, 0.25) is 0 Å². The third-order valence-corrected chi connectivity index (χ3v) is 3.37. The summed E-state index contributed by atoms with van der Waals surface area (Å²) in [7, 11) is 0. The maximum absolute atomic E-state index is 12.2. The smallest absolute Gasteiger partial charge is 0.418 e. The molecule has 0 atom stereocenters. The van der Waals surface area contributed by atoms with E-state index in [2.05, 4.69) is 0 Å². The molecule has 2 aromatic carbocycles. The quantitative estimate of drug-likeness (QED) is 0.688. The second kappa shape index (κ2) is 5.92. The zero-order valence-electron chi connectivity index (χ0n) is 13.9. The first-order valence-corrected chi connectivity index (χ1v) is 7.70. The van der Waals surface area contributed by atoms with Crippen molar-refractivity contribution >= 4 is 22.7 Å². The molecule has 3 aromatic rings. The van der Waals surface area contributed by atoms with Crippen molar-refractivity contribution in [3.63, 3.8) is 0 Å². The van der Waals surface area contributed by atoms with Gasteiger partial charge in [0, 0.05) is 17.3 Å². The summed E-state index contributed by atoms with van der Waals surface area (Å²) in [5.74, 6) is 1.39. The lowest BCUT2D eigenvalue weighted by atomic mass is 10.2. The number of aromatic nitrogens is 1. The molecule has 0 unspecified atom stereocenters. The molecule has 5 nitrogen and oxygen atoms in total. The van der Waals surface area contributed by atoms with Gasteiger partial charge in [-0.25, -0.2) is 4.79 Å². The SMILES string of the molecule is CC(C)(C)OC(=O)n1ccc2cc(Oc3ccc(N)cc3)ccc21. The summed E-state index contributed by atoms with van der Waals surface area (Å²) in [6.07, 6.45) is 1.30. The maximum atomic E-state index is 12.2. The summed E-state index contributed by atoms with van der Waals surface area (Å²) in [6, 6.07) is 14.6. The Balaban J connectivity index is 1.85. The van der Waals surface area contributed by atoms with Gasteiger partial charge in [0.05, 0.1) is 5.52 Å². The molecule has 0 spiro atoms. The van der Waals surface area contributed by atoms with E-state index in [1.54, 1.807) is 18.3 Å². The summed E-state index contributed by atoms with van der Waals surface area (Å²) in [4.78, 5) is 12.2. The fourth-order valence-electron chi connectivity index (χ4n) is 2.33. The Hall–Kier alpha value is -2.95. The first-order chi connectivity index (χ1) is 11.3. The predicted octanol–water partition coefficient (Wildman–Crippen LogP) is 4.80. The Morgan fingerprint density at radius 3 is 2.33 bits per heavy atom. The predicted molar refractivity (Wildman–Crippen MR) is 94.5 cm³/mol. The van der Waals surface area contributed by atoms with Crippen molar-refractivity contribution in [2.45, 2.75) is 26.4 Å². The molecular formula is C19H20N2O3. The summed E-state index contributed by atoms with van der Waals surface area (Å²) < 4.78 is 12.7. The van der Waals surface area contributed by atoms with Crippen LogP contribution in [-0.2, 0) is 4.74 Å². The second-order valence-electron chi connectivity index (χ2n) is 6.56. The van der Waals surface area contributed by atoms with Crippen LogP contribution in [0.3, 0.4) is 0 Å². The van der Waals surface area contributed by atoms with Gasteiger partial charge in [-0.05, 0) is 69.3 Å². The number of nitrogens with two attached hydrogens (primary N) is 1. The van der Waals surface area contributed by atoms with Gasteiger partial charge < -0.3 is 15.2 Å². The topological polar surface area (TPSA) is 66.5 Å². The van der Waals surface area contributed by atoms with Crippen molar-refractivity contribution in [2.24, 2.45) is 0 Å². The molecule has 0 saturated carbocycles. The number of nitrogens with zero attached hydrogens (tertiary/aromatic N) is 1. The largest absolute Gasteiger partial charge is 0.457 e. The minimum atomic E-state index is -0.536. The fourth-order valence-corrected chi connectivity index (χ4v) is 2.33. The van der Waals surface area contributed by atoms with E-state index in [0.29, 0.717) is 17.2 Å². The van der Waals surface area contributed by atoms with Crippen molar-refractivity contribution in [1.82, 2.24) is 4.57 Å². The van der Waals surface area contributed by atoms with Crippen LogP contribution >= 0.6 is 0 Å². The number of anilines is 1. The number of fused-ring (bicyclic) bond motifs is 1. The van der Waals surface area contributed by atoms with E-state index in [-0.39, 0.29) is 0 Å². The van der Waals surface area contributed by atoms with Crippen molar-refractivity contribution in [3.8, 4) is 11.5 Å². The van der Waals surface area contributed by atoms with Crippen LogP contribution in [-0.4, -0.2) is 16.3 Å². The number of nitrogen functional groups attached to an aromatic ring is 1. The minimum Gasteiger partial charge on any atom is -0.457 e. The molecule has 1 aromatic heterocycles. The van der Waals surface area contributed by atoms with Gasteiger partial charge in [0.1, 0.15) is 17.1 Å². The average molecular weight is 324 g/mol. The lowest BCUT2D eigenvalue weighted by molar-refractivity contribution is 0.0544. The van der Waals surface area contributed by atoms with E-state index in [9.17, 15) is 4.79 Å². The first-order valence-electron chi connectivity index (χ1n) is 7.70. The van der Waals surface area contributed by atoms with E-state index in [4.69, 9.17) is 15.2 Å². The van der Waals surface area contributed by atoms with Gasteiger partial charge in [0.15, 0.2) is 0 Å². The van der Waals surface area contributed by atoms with Gasteiger partial charge in [-0.15, -0.1) is 0 Å². The molecule has 24 heavy (non-hydrogen) atoms. The lowest BCUT2D eigenvalue weighted by Crippen LogP contribution is -2.26. The van der Waals surface area contributed by atoms with E-state index in [1.165, 1.54) is 4.57 Å². The molecule has 2 N–H and O–H groups in total. The van der Waals surface area contributed by atoms with Crippen molar-refractivity contribution < 1.29 is 14.3 Å². The Kier molecular flexibility index (Phi) is 3.93. The molecule has 0 bridgehead atoms. The molecule has 1 heterocycles. The third kappa shape index (κ3) is 3.51. The molecule has 0 aliphatic heterocycles. The van der Waals surface area contributed by atoms with E-state index < -0.39 is 11.7 Å². The van der Waals surface area contributed by atoms with Gasteiger partial charge in [-0.2, -0.15) is 0 Å². The van der Waals surface area contributed by atoms with Gasteiger partial charge in [-0.3, -0.25) is 4.57 Å². The zero-order chi connectivity index (χ0) is 17.3. The zero-order valence-corrected chi connectivity index (χ0v) is 13.9. The second-order valence-corrected chi connectivity index (χ2v) is 6.56. The number of rotatable bonds is 2. The minimum absolute atomic E-state index is 0.398. The Morgan fingerprint density at radius 2 is 1.67 bits per heavy atom. The van der Waals surface area contributed by atoms with E-state index in [0.717, 1.165) is 10.9 Å². The Labute approximate surface area is 140 Å². The van der Waals surface area contributed by atoms with Gasteiger partial charge >= 0.3 is 6.09 Å². The van der Waals surface area contributed by atoms with Crippen LogP contribution < -0.4 is 10.5 Å². The van der Waals surface area contributed by atoms with Gasteiger partial charge in [0.25, 0.3) is 0 Å². The Morgan fingerprint density at radius 1 is 1.00 bits per heavy atom. The summed E-state index contributed by atoms with van der Waals surface area (Å²) in [6.45, 7) is 5.53. The highest BCUT2D eigenvalue weighted by atomic mass is 16.6. The molecule has 0 aliphatic rings. The lowest BCUT2D eigenvalue weighted by Gasteiger charge is -2.19. The van der Waals surface area contributed by atoms with Crippen molar-refractivity contribution in [1.29, 1.82) is 0 Å². The molecule has 0 fully saturated rings.